The molecular formula is C10H18N4O4. The number of nitrogens with two attached hydrogens (primary N) is 2. The number of carbonyl (C=O) groups excluding carboxylic acids is 4. The number of hydrogen-bond acceptors (Lipinski definition) is 8. The molecule has 0 aliphatic carbocycles. The van der Waals surface area contributed by atoms with Crippen LogP contribution in [0.1, 0.15) is 25.7 Å². The minimum Gasteiger partial charge on any atom is -0.291 e. The van der Waals surface area contributed by atoms with Crippen molar-refractivity contribution < 1.29 is 19.2 Å². The van der Waals surface area contributed by atoms with Crippen LogP contribution in [0.15, 0.2) is 0 Å². The summed E-state index contributed by atoms with van der Waals surface area (Å²) in [6, 6.07) is 0. The Balaban J connectivity index is 3.73. The predicted octanol–water partition coefficient (Wildman–Crippen LogP) is -2.25. The quantitative estimate of drug-likeness (QED) is 0.141. The SMILES string of the molecule is NNCC(=O)C(=O)CCCCC(=O)C(=O)CNN. The van der Waals surface area contributed by atoms with Crippen molar-refractivity contribution in [1.29, 1.82) is 0 Å². The number of hydrogen-bond donors (Lipinski definition) is 4. The van der Waals surface area contributed by atoms with E-state index in [-0.39, 0.29) is 25.9 Å². The highest BCUT2D eigenvalue weighted by molar-refractivity contribution is 6.38. The van der Waals surface area contributed by atoms with Gasteiger partial charge in [0.2, 0.25) is 11.6 Å². The van der Waals surface area contributed by atoms with E-state index in [0.29, 0.717) is 12.8 Å². The number of rotatable bonds is 11. The molecule has 8 nitrogen and oxygen atoms in total. The summed E-state index contributed by atoms with van der Waals surface area (Å²) in [5, 5.41) is 0. The van der Waals surface area contributed by atoms with Gasteiger partial charge in [0.05, 0.1) is 13.1 Å². The number of ketones is 4. The Bertz CT molecular complexity index is 298. The topological polar surface area (TPSA) is 144 Å². The maximum absolute atomic E-state index is 11.2. The van der Waals surface area contributed by atoms with Crippen LogP contribution in [0, 0.1) is 0 Å². The van der Waals surface area contributed by atoms with Gasteiger partial charge in [0.1, 0.15) is 0 Å². The minimum atomic E-state index is -0.591. The molecule has 0 atom stereocenters. The average molecular weight is 258 g/mol. The standard InChI is InChI=1S/C10H18N4O4/c11-13-5-9(17)7(15)3-1-2-4-8(16)10(18)6-14-12/h13-14H,1-6,11-12H2. The molecule has 0 rings (SSSR count). The summed E-state index contributed by atoms with van der Waals surface area (Å²) in [5.41, 5.74) is 4.20. The van der Waals surface area contributed by atoms with Crippen molar-refractivity contribution in [1.82, 2.24) is 10.9 Å². The van der Waals surface area contributed by atoms with Crippen LogP contribution < -0.4 is 22.5 Å². The van der Waals surface area contributed by atoms with Crippen LogP contribution in [0.4, 0.5) is 0 Å². The Morgan fingerprint density at radius 1 is 0.667 bits per heavy atom. The van der Waals surface area contributed by atoms with Crippen LogP contribution in [0.5, 0.6) is 0 Å². The second-order valence-electron chi connectivity index (χ2n) is 3.66. The summed E-state index contributed by atoms with van der Waals surface area (Å²) in [4.78, 5) is 44.4. The van der Waals surface area contributed by atoms with Gasteiger partial charge in [0.15, 0.2) is 11.6 Å². The van der Waals surface area contributed by atoms with Crippen LogP contribution in [0.3, 0.4) is 0 Å². The van der Waals surface area contributed by atoms with Crippen molar-refractivity contribution >= 4 is 23.1 Å². The van der Waals surface area contributed by atoms with Gasteiger partial charge in [-0.3, -0.25) is 41.7 Å². The Kier molecular flexibility index (Phi) is 8.76. The van der Waals surface area contributed by atoms with Crippen LogP contribution in [0.25, 0.3) is 0 Å². The fourth-order valence-corrected chi connectivity index (χ4v) is 1.23. The zero-order chi connectivity index (χ0) is 14.0. The lowest BCUT2D eigenvalue weighted by Gasteiger charge is -2.01. The molecule has 0 aromatic heterocycles. The van der Waals surface area contributed by atoms with Crippen molar-refractivity contribution in [3.63, 3.8) is 0 Å². The van der Waals surface area contributed by atoms with Gasteiger partial charge in [0, 0.05) is 12.8 Å². The van der Waals surface area contributed by atoms with Crippen molar-refractivity contribution in [3.05, 3.63) is 0 Å². The van der Waals surface area contributed by atoms with E-state index in [2.05, 4.69) is 10.9 Å². The van der Waals surface area contributed by atoms with Crippen LogP contribution in [0.2, 0.25) is 0 Å². The maximum atomic E-state index is 11.2. The summed E-state index contributed by atoms with van der Waals surface area (Å²) < 4.78 is 0. The fraction of sp³-hybridized carbons (Fsp3) is 0.600. The smallest absolute Gasteiger partial charge is 0.213 e. The van der Waals surface area contributed by atoms with Crippen LogP contribution in [-0.4, -0.2) is 36.2 Å². The first-order valence-corrected chi connectivity index (χ1v) is 5.52. The predicted molar refractivity (Wildman–Crippen MR) is 62.9 cm³/mol. The highest BCUT2D eigenvalue weighted by Crippen LogP contribution is 2.02. The average Bonchev–Trinajstić information content (AvgIpc) is 2.34. The van der Waals surface area contributed by atoms with E-state index in [1.54, 1.807) is 0 Å². The number of unbranched alkanes of at least 4 members (excludes halogenated alkanes) is 1. The summed E-state index contributed by atoms with van der Waals surface area (Å²) >= 11 is 0. The molecule has 0 unspecified atom stereocenters. The Hall–Kier alpha value is -1.48. The van der Waals surface area contributed by atoms with Gasteiger partial charge in [-0.1, -0.05) is 0 Å². The summed E-state index contributed by atoms with van der Waals surface area (Å²) in [5.74, 6) is 7.56. The van der Waals surface area contributed by atoms with E-state index in [9.17, 15) is 19.2 Å². The summed E-state index contributed by atoms with van der Waals surface area (Å²) in [7, 11) is 0. The lowest BCUT2D eigenvalue weighted by Crippen LogP contribution is -2.33. The van der Waals surface area contributed by atoms with Gasteiger partial charge in [0.25, 0.3) is 0 Å². The molecule has 0 aliphatic rings. The van der Waals surface area contributed by atoms with Crippen molar-refractivity contribution in [2.24, 2.45) is 11.7 Å². The zero-order valence-electron chi connectivity index (χ0n) is 10.0. The van der Waals surface area contributed by atoms with Gasteiger partial charge in [-0.2, -0.15) is 0 Å². The molecule has 0 aliphatic heterocycles. The third-order valence-corrected chi connectivity index (χ3v) is 2.20. The Morgan fingerprint density at radius 2 is 1.00 bits per heavy atom. The van der Waals surface area contributed by atoms with Gasteiger partial charge in [-0.05, 0) is 12.8 Å². The van der Waals surface area contributed by atoms with Crippen LogP contribution >= 0.6 is 0 Å². The molecule has 0 amide bonds. The maximum Gasteiger partial charge on any atom is 0.213 e. The zero-order valence-corrected chi connectivity index (χ0v) is 10.0. The highest BCUT2D eigenvalue weighted by atomic mass is 16.2. The van der Waals surface area contributed by atoms with Crippen molar-refractivity contribution in [2.75, 3.05) is 13.1 Å². The largest absolute Gasteiger partial charge is 0.291 e. The molecule has 0 saturated heterocycles. The highest BCUT2D eigenvalue weighted by Gasteiger charge is 2.14. The van der Waals surface area contributed by atoms with Crippen molar-refractivity contribution in [2.45, 2.75) is 25.7 Å². The molecule has 0 radical (unpaired) electrons. The van der Waals surface area contributed by atoms with E-state index in [0.717, 1.165) is 0 Å². The third-order valence-electron chi connectivity index (χ3n) is 2.20. The van der Waals surface area contributed by atoms with Crippen molar-refractivity contribution in [3.8, 4) is 0 Å². The molecule has 0 aromatic carbocycles. The second-order valence-corrected chi connectivity index (χ2v) is 3.66. The Labute approximate surface area is 104 Å². The first-order chi connectivity index (χ1) is 8.52. The molecule has 0 saturated carbocycles. The van der Waals surface area contributed by atoms with E-state index in [4.69, 9.17) is 11.7 Å². The number of Topliss-reactive ketones (excluding diaryl/α,β-unsaturated/α-hetero) is 4. The molecule has 0 bridgehead atoms. The van der Waals surface area contributed by atoms with E-state index < -0.39 is 23.1 Å². The lowest BCUT2D eigenvalue weighted by molar-refractivity contribution is -0.136. The summed E-state index contributed by atoms with van der Waals surface area (Å²) in [6.07, 6.45) is 0.864. The van der Waals surface area contributed by atoms with Gasteiger partial charge >= 0.3 is 0 Å². The number of carbonyl (C=O) groups is 4. The molecule has 0 aromatic rings. The molecule has 6 N–H and O–H groups in total. The molecule has 0 heterocycles. The van der Waals surface area contributed by atoms with E-state index in [1.165, 1.54) is 0 Å². The van der Waals surface area contributed by atoms with Gasteiger partial charge in [-0.15, -0.1) is 0 Å². The Morgan fingerprint density at radius 3 is 1.28 bits per heavy atom. The minimum absolute atomic E-state index is 0.0527. The van der Waals surface area contributed by atoms with Crippen LogP contribution in [-0.2, 0) is 19.2 Å². The normalized spacial score (nSPS) is 10.1. The van der Waals surface area contributed by atoms with Gasteiger partial charge < -0.3 is 0 Å². The molecule has 102 valence electrons. The molecule has 0 spiro atoms. The molecule has 18 heavy (non-hydrogen) atoms. The lowest BCUT2D eigenvalue weighted by atomic mass is 10.1. The van der Waals surface area contributed by atoms with E-state index >= 15 is 0 Å². The fourth-order valence-electron chi connectivity index (χ4n) is 1.23. The first kappa shape index (κ1) is 16.5. The summed E-state index contributed by atoms with van der Waals surface area (Å²) in [6.45, 7) is -0.392. The second kappa shape index (κ2) is 9.54. The number of nitrogens with one attached hydrogen (secondary N) is 2. The first-order valence-electron chi connectivity index (χ1n) is 5.52. The van der Waals surface area contributed by atoms with E-state index in [1.807, 2.05) is 0 Å². The monoisotopic (exact) mass is 258 g/mol. The molecule has 8 heteroatoms. The van der Waals surface area contributed by atoms with Gasteiger partial charge in [-0.25, -0.2) is 0 Å². The molecular weight excluding hydrogens is 240 g/mol. The number of hydrazine groups is 2. The third kappa shape index (κ3) is 6.97. The molecule has 0 fully saturated rings.